The number of anilines is 1. The number of pyridine rings is 1. The molecule has 0 amide bonds. The van der Waals surface area contributed by atoms with Crippen LogP contribution in [-0.2, 0) is 6.42 Å². The van der Waals surface area contributed by atoms with Gasteiger partial charge in [-0.2, -0.15) is 0 Å². The first-order chi connectivity index (χ1) is 7.25. The topological polar surface area (TPSA) is 64.7 Å². The standard InChI is InChI=1S/C10H9ClN4/c11-10-14-6-8(9(12)15-10)4-7-2-1-3-13-5-7/h1-3,5-6H,4H2,(H2,12,14,15). The lowest BCUT2D eigenvalue weighted by atomic mass is 10.1. The van der Waals surface area contributed by atoms with E-state index >= 15 is 0 Å². The van der Waals surface area contributed by atoms with Gasteiger partial charge in [-0.05, 0) is 23.2 Å². The molecule has 0 aromatic carbocycles. The molecule has 0 spiro atoms. The Labute approximate surface area is 92.2 Å². The van der Waals surface area contributed by atoms with Crippen LogP contribution in [0.15, 0.2) is 30.7 Å². The highest BCUT2D eigenvalue weighted by Gasteiger charge is 2.03. The third-order valence-corrected chi connectivity index (χ3v) is 2.17. The van der Waals surface area contributed by atoms with Gasteiger partial charge in [0, 0.05) is 30.6 Å². The molecule has 0 aliphatic carbocycles. The van der Waals surface area contributed by atoms with E-state index in [9.17, 15) is 0 Å². The maximum atomic E-state index is 5.71. The van der Waals surface area contributed by atoms with Gasteiger partial charge in [-0.15, -0.1) is 0 Å². The van der Waals surface area contributed by atoms with Crippen molar-refractivity contribution in [1.29, 1.82) is 0 Å². The minimum absolute atomic E-state index is 0.169. The minimum Gasteiger partial charge on any atom is -0.383 e. The molecular weight excluding hydrogens is 212 g/mol. The summed E-state index contributed by atoms with van der Waals surface area (Å²) in [6, 6.07) is 3.85. The highest BCUT2D eigenvalue weighted by molar-refractivity contribution is 6.28. The molecule has 0 unspecified atom stereocenters. The summed E-state index contributed by atoms with van der Waals surface area (Å²) in [5, 5.41) is 0.169. The number of rotatable bonds is 2. The molecule has 2 rings (SSSR count). The number of nitrogens with zero attached hydrogens (tertiary/aromatic N) is 3. The molecule has 0 atom stereocenters. The number of nitrogen functional groups attached to an aromatic ring is 1. The van der Waals surface area contributed by atoms with Crippen LogP contribution in [-0.4, -0.2) is 15.0 Å². The van der Waals surface area contributed by atoms with Gasteiger partial charge < -0.3 is 5.73 Å². The molecule has 0 bridgehead atoms. The van der Waals surface area contributed by atoms with Crippen molar-refractivity contribution in [3.8, 4) is 0 Å². The zero-order valence-corrected chi connectivity index (χ0v) is 8.65. The Morgan fingerprint density at radius 3 is 2.87 bits per heavy atom. The van der Waals surface area contributed by atoms with Crippen LogP contribution in [0.3, 0.4) is 0 Å². The molecule has 15 heavy (non-hydrogen) atoms. The van der Waals surface area contributed by atoms with Crippen molar-refractivity contribution in [1.82, 2.24) is 15.0 Å². The fourth-order valence-corrected chi connectivity index (χ4v) is 1.40. The second-order valence-electron chi connectivity index (χ2n) is 3.09. The molecule has 0 fully saturated rings. The van der Waals surface area contributed by atoms with Crippen LogP contribution >= 0.6 is 11.6 Å². The lowest BCUT2D eigenvalue weighted by Gasteiger charge is -2.03. The zero-order chi connectivity index (χ0) is 10.7. The SMILES string of the molecule is Nc1nc(Cl)ncc1Cc1cccnc1. The fraction of sp³-hybridized carbons (Fsp3) is 0.100. The van der Waals surface area contributed by atoms with E-state index < -0.39 is 0 Å². The van der Waals surface area contributed by atoms with E-state index in [0.717, 1.165) is 11.1 Å². The van der Waals surface area contributed by atoms with E-state index in [1.807, 2.05) is 12.1 Å². The van der Waals surface area contributed by atoms with Gasteiger partial charge in [-0.1, -0.05) is 6.07 Å². The number of hydrogen-bond acceptors (Lipinski definition) is 4. The van der Waals surface area contributed by atoms with E-state index in [-0.39, 0.29) is 5.28 Å². The monoisotopic (exact) mass is 220 g/mol. The molecule has 0 saturated carbocycles. The van der Waals surface area contributed by atoms with Crippen molar-refractivity contribution in [2.75, 3.05) is 5.73 Å². The maximum Gasteiger partial charge on any atom is 0.224 e. The first-order valence-corrected chi connectivity index (χ1v) is 4.79. The normalized spacial score (nSPS) is 10.2. The Kier molecular flexibility index (Phi) is 2.78. The molecule has 4 nitrogen and oxygen atoms in total. The smallest absolute Gasteiger partial charge is 0.224 e. The lowest BCUT2D eigenvalue weighted by Crippen LogP contribution is -2.00. The molecule has 0 aliphatic rings. The van der Waals surface area contributed by atoms with Crippen molar-refractivity contribution < 1.29 is 0 Å². The molecule has 0 aliphatic heterocycles. The summed E-state index contributed by atoms with van der Waals surface area (Å²) in [5.41, 5.74) is 7.63. The molecule has 0 saturated heterocycles. The van der Waals surface area contributed by atoms with Crippen molar-refractivity contribution in [2.45, 2.75) is 6.42 Å². The predicted molar refractivity (Wildman–Crippen MR) is 58.5 cm³/mol. The van der Waals surface area contributed by atoms with Gasteiger partial charge in [0.15, 0.2) is 0 Å². The molecule has 2 aromatic heterocycles. The summed E-state index contributed by atoms with van der Waals surface area (Å²) >= 11 is 5.61. The largest absolute Gasteiger partial charge is 0.383 e. The Hall–Kier alpha value is -1.68. The first-order valence-electron chi connectivity index (χ1n) is 4.41. The van der Waals surface area contributed by atoms with Gasteiger partial charge in [-0.3, -0.25) is 4.98 Å². The number of halogens is 1. The quantitative estimate of drug-likeness (QED) is 0.783. The van der Waals surface area contributed by atoms with Gasteiger partial charge in [0.1, 0.15) is 5.82 Å². The number of nitrogens with two attached hydrogens (primary N) is 1. The Morgan fingerprint density at radius 1 is 1.33 bits per heavy atom. The zero-order valence-electron chi connectivity index (χ0n) is 7.89. The third-order valence-electron chi connectivity index (χ3n) is 1.99. The molecule has 0 radical (unpaired) electrons. The van der Waals surface area contributed by atoms with Crippen molar-refractivity contribution >= 4 is 17.4 Å². The summed E-state index contributed by atoms with van der Waals surface area (Å²) < 4.78 is 0. The van der Waals surface area contributed by atoms with Gasteiger partial charge in [0.05, 0.1) is 0 Å². The molecule has 5 heteroatoms. The van der Waals surface area contributed by atoms with Crippen LogP contribution in [0.1, 0.15) is 11.1 Å². The van der Waals surface area contributed by atoms with Gasteiger partial charge in [-0.25, -0.2) is 9.97 Å². The van der Waals surface area contributed by atoms with Crippen LogP contribution in [0.5, 0.6) is 0 Å². The van der Waals surface area contributed by atoms with Crippen LogP contribution in [0.2, 0.25) is 5.28 Å². The van der Waals surface area contributed by atoms with Crippen LogP contribution in [0.25, 0.3) is 0 Å². The summed E-state index contributed by atoms with van der Waals surface area (Å²) in [5.74, 6) is 0.416. The van der Waals surface area contributed by atoms with Crippen molar-refractivity contribution in [3.63, 3.8) is 0 Å². The predicted octanol–water partition coefficient (Wildman–Crippen LogP) is 1.70. The summed E-state index contributed by atoms with van der Waals surface area (Å²) in [4.78, 5) is 11.8. The molecule has 2 aromatic rings. The highest BCUT2D eigenvalue weighted by Crippen LogP contribution is 2.14. The van der Waals surface area contributed by atoms with Gasteiger partial charge in [0.2, 0.25) is 5.28 Å². The van der Waals surface area contributed by atoms with Crippen molar-refractivity contribution in [3.05, 3.63) is 47.1 Å². The summed E-state index contributed by atoms with van der Waals surface area (Å²) in [7, 11) is 0. The van der Waals surface area contributed by atoms with E-state index in [1.165, 1.54) is 0 Å². The van der Waals surface area contributed by atoms with Crippen molar-refractivity contribution in [2.24, 2.45) is 0 Å². The van der Waals surface area contributed by atoms with E-state index in [1.54, 1.807) is 18.6 Å². The van der Waals surface area contributed by atoms with Crippen LogP contribution < -0.4 is 5.73 Å². The molecular formula is C10H9ClN4. The second-order valence-corrected chi connectivity index (χ2v) is 3.43. The average Bonchev–Trinajstić information content (AvgIpc) is 2.24. The molecule has 2 heterocycles. The van der Waals surface area contributed by atoms with Gasteiger partial charge in [0.25, 0.3) is 0 Å². The number of hydrogen-bond donors (Lipinski definition) is 1. The summed E-state index contributed by atoms with van der Waals surface area (Å²) in [6.45, 7) is 0. The number of aromatic nitrogens is 3. The van der Waals surface area contributed by atoms with Gasteiger partial charge >= 0.3 is 0 Å². The fourth-order valence-electron chi connectivity index (χ4n) is 1.26. The van der Waals surface area contributed by atoms with E-state index in [2.05, 4.69) is 15.0 Å². The Balaban J connectivity index is 2.25. The summed E-state index contributed by atoms with van der Waals surface area (Å²) in [6.07, 6.45) is 5.81. The first kappa shape index (κ1) is 9.86. The second kappa shape index (κ2) is 4.23. The third kappa shape index (κ3) is 2.41. The molecule has 2 N–H and O–H groups in total. The van der Waals surface area contributed by atoms with E-state index in [0.29, 0.717) is 12.2 Å². The maximum absolute atomic E-state index is 5.71. The Bertz CT molecular complexity index is 458. The Morgan fingerprint density at radius 2 is 2.20 bits per heavy atom. The highest BCUT2D eigenvalue weighted by atomic mass is 35.5. The van der Waals surface area contributed by atoms with Crippen LogP contribution in [0, 0.1) is 0 Å². The van der Waals surface area contributed by atoms with E-state index in [4.69, 9.17) is 17.3 Å². The lowest BCUT2D eigenvalue weighted by molar-refractivity contribution is 1.07. The van der Waals surface area contributed by atoms with Crippen LogP contribution in [0.4, 0.5) is 5.82 Å². The molecule has 76 valence electrons. The average molecular weight is 221 g/mol. The minimum atomic E-state index is 0.169.